The van der Waals surface area contributed by atoms with Crippen LogP contribution in [0, 0.1) is 12.8 Å². The van der Waals surface area contributed by atoms with Gasteiger partial charge in [-0.3, -0.25) is 9.48 Å². The molecule has 2 saturated heterocycles. The summed E-state index contributed by atoms with van der Waals surface area (Å²) in [7, 11) is 0. The summed E-state index contributed by atoms with van der Waals surface area (Å²) in [6.07, 6.45) is 1.84. The van der Waals surface area contributed by atoms with Gasteiger partial charge in [-0.05, 0) is 20.8 Å². The first kappa shape index (κ1) is 15.8. The first-order valence-electron chi connectivity index (χ1n) is 7.94. The summed E-state index contributed by atoms with van der Waals surface area (Å²) in [6.45, 7) is 7.55. The lowest BCUT2D eigenvalue weighted by molar-refractivity contribution is -0.125. The van der Waals surface area contributed by atoms with Crippen LogP contribution < -0.4 is 10.6 Å². The van der Waals surface area contributed by atoms with Crippen LogP contribution in [0.25, 0.3) is 0 Å². The van der Waals surface area contributed by atoms with Gasteiger partial charge in [0.2, 0.25) is 5.91 Å². The number of amides is 3. The Morgan fingerprint density at radius 1 is 1.43 bits per heavy atom. The van der Waals surface area contributed by atoms with Crippen LogP contribution in [-0.2, 0) is 9.53 Å². The first-order valence-corrected chi connectivity index (χ1v) is 7.94. The fraction of sp³-hybridized carbons (Fsp3) is 0.667. The number of nitrogens with zero attached hydrogens (tertiary/aromatic N) is 3. The Labute approximate surface area is 135 Å². The van der Waals surface area contributed by atoms with Crippen molar-refractivity contribution in [1.29, 1.82) is 0 Å². The highest BCUT2D eigenvalue weighted by atomic mass is 16.5. The highest BCUT2D eigenvalue weighted by Crippen LogP contribution is 2.18. The van der Waals surface area contributed by atoms with Crippen molar-refractivity contribution in [2.45, 2.75) is 32.9 Å². The zero-order chi connectivity index (χ0) is 16.6. The van der Waals surface area contributed by atoms with Gasteiger partial charge < -0.3 is 20.3 Å². The molecule has 3 amide bonds. The minimum atomic E-state index is -0.312. The lowest BCUT2D eigenvalue weighted by Gasteiger charge is -2.27. The van der Waals surface area contributed by atoms with Crippen molar-refractivity contribution in [3.05, 3.63) is 11.9 Å². The molecule has 8 nitrogen and oxygen atoms in total. The Kier molecular flexibility index (Phi) is 4.25. The lowest BCUT2D eigenvalue weighted by Crippen LogP contribution is -2.46. The van der Waals surface area contributed by atoms with E-state index in [0.29, 0.717) is 32.0 Å². The number of carbonyl (C=O) groups is 2. The van der Waals surface area contributed by atoms with E-state index in [9.17, 15) is 9.59 Å². The molecule has 2 fully saturated rings. The monoisotopic (exact) mass is 321 g/mol. The van der Waals surface area contributed by atoms with Crippen LogP contribution >= 0.6 is 0 Å². The average Bonchev–Trinajstić information content (AvgIpc) is 2.64. The number of fused-ring (bicyclic) bond motifs is 3. The van der Waals surface area contributed by atoms with E-state index in [4.69, 9.17) is 4.74 Å². The minimum absolute atomic E-state index is 0.0355. The van der Waals surface area contributed by atoms with Crippen LogP contribution in [0.15, 0.2) is 6.20 Å². The number of carbonyl (C=O) groups excluding carboxylic acids is 2. The van der Waals surface area contributed by atoms with E-state index in [-0.39, 0.29) is 29.9 Å². The Bertz CT molecular complexity index is 612. The number of anilines is 1. The van der Waals surface area contributed by atoms with Crippen molar-refractivity contribution in [2.75, 3.05) is 31.6 Å². The van der Waals surface area contributed by atoms with Crippen LogP contribution in [0.1, 0.15) is 25.6 Å². The summed E-state index contributed by atoms with van der Waals surface area (Å²) in [4.78, 5) is 26.3. The molecule has 0 aromatic carbocycles. The van der Waals surface area contributed by atoms with Crippen molar-refractivity contribution >= 4 is 17.6 Å². The van der Waals surface area contributed by atoms with Crippen molar-refractivity contribution in [3.8, 4) is 0 Å². The molecule has 2 atom stereocenters. The van der Waals surface area contributed by atoms with Gasteiger partial charge in [-0.15, -0.1) is 0 Å². The molecule has 23 heavy (non-hydrogen) atoms. The van der Waals surface area contributed by atoms with Crippen LogP contribution in [0.4, 0.5) is 10.5 Å². The van der Waals surface area contributed by atoms with Crippen molar-refractivity contribution in [2.24, 2.45) is 5.92 Å². The molecule has 2 unspecified atom stereocenters. The third-order valence-corrected chi connectivity index (χ3v) is 4.21. The second-order valence-electron chi connectivity index (χ2n) is 6.48. The Hall–Kier alpha value is -2.09. The molecule has 8 heteroatoms. The molecule has 2 aliphatic rings. The van der Waals surface area contributed by atoms with Crippen LogP contribution in [0.3, 0.4) is 0 Å². The number of urea groups is 1. The summed E-state index contributed by atoms with van der Waals surface area (Å²) in [5, 5.41) is 10.2. The fourth-order valence-corrected chi connectivity index (χ4v) is 2.86. The third-order valence-electron chi connectivity index (χ3n) is 4.21. The van der Waals surface area contributed by atoms with Gasteiger partial charge in [0.1, 0.15) is 0 Å². The number of aryl methyl sites for hydroxylation is 1. The highest BCUT2D eigenvalue weighted by Gasteiger charge is 2.35. The van der Waals surface area contributed by atoms with Gasteiger partial charge >= 0.3 is 6.03 Å². The number of aromatic nitrogens is 2. The Morgan fingerprint density at radius 2 is 2.22 bits per heavy atom. The SMILES string of the molecule is Cc1nn(C(C)C)cc1NC(=O)N1CC2COCC(C1)C(=O)N2. The highest BCUT2D eigenvalue weighted by molar-refractivity contribution is 5.90. The smallest absolute Gasteiger partial charge is 0.322 e. The van der Waals surface area contributed by atoms with Crippen molar-refractivity contribution < 1.29 is 14.3 Å². The maximum absolute atomic E-state index is 12.6. The summed E-state index contributed by atoms with van der Waals surface area (Å²) >= 11 is 0. The maximum Gasteiger partial charge on any atom is 0.322 e. The standard InChI is InChI=1S/C15H23N5O3/c1-9(2)20-6-13(10(3)18-20)17-15(22)19-4-11-7-23-8-12(5-19)16-14(11)21/h6,9,11-12H,4-5,7-8H2,1-3H3,(H,16,21)(H,17,22). The van der Waals surface area contributed by atoms with Gasteiger partial charge in [0, 0.05) is 25.3 Å². The lowest BCUT2D eigenvalue weighted by atomic mass is 10.1. The largest absolute Gasteiger partial charge is 0.378 e. The topological polar surface area (TPSA) is 88.5 Å². The summed E-state index contributed by atoms with van der Waals surface area (Å²) < 4.78 is 7.29. The third kappa shape index (κ3) is 3.31. The number of nitrogens with one attached hydrogen (secondary N) is 2. The molecule has 2 bridgehead atoms. The van der Waals surface area contributed by atoms with E-state index in [1.807, 2.05) is 31.6 Å². The van der Waals surface area contributed by atoms with Gasteiger partial charge in [0.25, 0.3) is 0 Å². The molecule has 0 radical (unpaired) electrons. The summed E-state index contributed by atoms with van der Waals surface area (Å²) in [5.74, 6) is -0.348. The summed E-state index contributed by atoms with van der Waals surface area (Å²) in [6, 6.07) is -0.124. The van der Waals surface area contributed by atoms with E-state index in [2.05, 4.69) is 15.7 Å². The number of hydrogen-bond donors (Lipinski definition) is 2. The molecule has 2 aliphatic heterocycles. The first-order chi connectivity index (χ1) is 10.9. The summed E-state index contributed by atoms with van der Waals surface area (Å²) in [5.41, 5.74) is 1.48. The molecule has 1 aromatic heterocycles. The second-order valence-corrected chi connectivity index (χ2v) is 6.48. The molecule has 0 saturated carbocycles. The van der Waals surface area contributed by atoms with Gasteiger partial charge in [0.15, 0.2) is 0 Å². The normalized spacial score (nSPS) is 24.3. The molecule has 0 aliphatic carbocycles. The number of hydrogen-bond acceptors (Lipinski definition) is 4. The van der Waals surface area contributed by atoms with Crippen LogP contribution in [-0.4, -0.2) is 59.0 Å². The van der Waals surface area contributed by atoms with Gasteiger partial charge in [0.05, 0.1) is 36.6 Å². The van der Waals surface area contributed by atoms with E-state index in [0.717, 1.165) is 5.69 Å². The van der Waals surface area contributed by atoms with E-state index in [1.54, 1.807) is 4.90 Å². The molecular formula is C15H23N5O3. The maximum atomic E-state index is 12.6. The molecule has 2 N–H and O–H groups in total. The quantitative estimate of drug-likeness (QED) is 0.841. The molecular weight excluding hydrogens is 298 g/mol. The van der Waals surface area contributed by atoms with Gasteiger partial charge in [-0.1, -0.05) is 0 Å². The van der Waals surface area contributed by atoms with E-state index < -0.39 is 0 Å². The fourth-order valence-electron chi connectivity index (χ4n) is 2.86. The van der Waals surface area contributed by atoms with Gasteiger partial charge in [-0.25, -0.2) is 4.79 Å². The molecule has 3 heterocycles. The van der Waals surface area contributed by atoms with Crippen molar-refractivity contribution in [3.63, 3.8) is 0 Å². The van der Waals surface area contributed by atoms with Crippen LogP contribution in [0.2, 0.25) is 0 Å². The van der Waals surface area contributed by atoms with Crippen molar-refractivity contribution in [1.82, 2.24) is 20.0 Å². The average molecular weight is 321 g/mol. The molecule has 126 valence electrons. The van der Waals surface area contributed by atoms with Crippen LogP contribution in [0.5, 0.6) is 0 Å². The minimum Gasteiger partial charge on any atom is -0.378 e. The number of ether oxygens (including phenoxy) is 1. The number of rotatable bonds is 2. The molecule has 1 aromatic rings. The second kappa shape index (κ2) is 6.19. The Balaban J connectivity index is 1.72. The zero-order valence-corrected chi connectivity index (χ0v) is 13.7. The van der Waals surface area contributed by atoms with Gasteiger partial charge in [-0.2, -0.15) is 5.10 Å². The predicted molar refractivity (Wildman–Crippen MR) is 84.2 cm³/mol. The zero-order valence-electron chi connectivity index (χ0n) is 13.7. The molecule has 3 rings (SSSR count). The van der Waals surface area contributed by atoms with E-state index in [1.165, 1.54) is 0 Å². The predicted octanol–water partition coefficient (Wildman–Crippen LogP) is 0.751. The molecule has 0 spiro atoms. The van der Waals surface area contributed by atoms with E-state index >= 15 is 0 Å². The Morgan fingerprint density at radius 3 is 2.91 bits per heavy atom.